The molecule has 0 rings (SSSR count). The lowest BCUT2D eigenvalue weighted by Crippen LogP contribution is -2.36. The molecule has 1 unspecified atom stereocenters. The Balaban J connectivity index is 4.28. The Morgan fingerprint density at radius 2 is 1.58 bits per heavy atom. The van der Waals surface area contributed by atoms with Crippen molar-refractivity contribution in [1.82, 2.24) is 0 Å². The van der Waals surface area contributed by atoms with Crippen LogP contribution in [0.15, 0.2) is 0 Å². The first-order valence-electron chi connectivity index (χ1n) is 6.12. The predicted molar refractivity (Wildman–Crippen MR) is 68.2 cm³/mol. The first kappa shape index (κ1) is 17.9. The van der Waals surface area contributed by atoms with Crippen molar-refractivity contribution in [1.29, 1.82) is 0 Å². The molecule has 0 aromatic rings. The monoisotopic (exact) mass is 276 g/mol. The molecule has 19 heavy (non-hydrogen) atoms. The zero-order valence-electron chi connectivity index (χ0n) is 12.7. The highest BCUT2D eigenvalue weighted by atomic mass is 17.2. The van der Waals surface area contributed by atoms with Crippen molar-refractivity contribution < 1.29 is 28.8 Å². The molecule has 0 aliphatic heterocycles. The minimum Gasteiger partial charge on any atom is -0.461 e. The Labute approximate surface area is 114 Å². The summed E-state index contributed by atoms with van der Waals surface area (Å²) in [5, 5.41) is 0. The zero-order valence-corrected chi connectivity index (χ0v) is 12.7. The number of ether oxygens (including phenoxy) is 2. The highest BCUT2D eigenvalue weighted by Crippen LogP contribution is 2.20. The lowest BCUT2D eigenvalue weighted by atomic mass is 10.0. The van der Waals surface area contributed by atoms with E-state index >= 15 is 0 Å². The maximum absolute atomic E-state index is 11.3. The average Bonchev–Trinajstić information content (AvgIpc) is 2.22. The molecule has 0 radical (unpaired) electrons. The number of hydrogen-bond acceptors (Lipinski definition) is 6. The van der Waals surface area contributed by atoms with Crippen molar-refractivity contribution in [2.75, 3.05) is 7.11 Å². The Morgan fingerprint density at radius 1 is 1.05 bits per heavy atom. The van der Waals surface area contributed by atoms with Gasteiger partial charge >= 0.3 is 11.9 Å². The van der Waals surface area contributed by atoms with E-state index < -0.39 is 23.1 Å². The maximum atomic E-state index is 11.3. The summed E-state index contributed by atoms with van der Waals surface area (Å²) in [5.41, 5.74) is -1.27. The fourth-order valence-corrected chi connectivity index (χ4v) is 1.37. The van der Waals surface area contributed by atoms with Crippen LogP contribution in [0.2, 0.25) is 0 Å². The van der Waals surface area contributed by atoms with Crippen molar-refractivity contribution in [3.63, 3.8) is 0 Å². The second-order valence-electron chi connectivity index (χ2n) is 5.95. The number of hydrogen-bond donors (Lipinski definition) is 0. The molecule has 0 saturated carbocycles. The molecule has 0 spiro atoms. The Morgan fingerprint density at radius 3 is 2.00 bits per heavy atom. The van der Waals surface area contributed by atoms with Crippen LogP contribution >= 0.6 is 0 Å². The van der Waals surface area contributed by atoms with E-state index in [2.05, 4.69) is 4.74 Å². The third-order valence-electron chi connectivity index (χ3n) is 1.96. The van der Waals surface area contributed by atoms with E-state index in [0.717, 1.165) is 7.11 Å². The van der Waals surface area contributed by atoms with Gasteiger partial charge in [-0.1, -0.05) is 0 Å². The summed E-state index contributed by atoms with van der Waals surface area (Å²) < 4.78 is 9.33. The maximum Gasteiger partial charge on any atom is 0.417 e. The van der Waals surface area contributed by atoms with Crippen LogP contribution in [-0.4, -0.2) is 36.4 Å². The lowest BCUT2D eigenvalue weighted by Gasteiger charge is -2.28. The molecule has 0 aromatic carbocycles. The van der Waals surface area contributed by atoms with Crippen molar-refractivity contribution in [2.24, 2.45) is 0 Å². The Kier molecular flexibility index (Phi) is 6.45. The third-order valence-corrected chi connectivity index (χ3v) is 1.96. The largest absolute Gasteiger partial charge is 0.461 e. The van der Waals surface area contributed by atoms with Crippen LogP contribution in [0.3, 0.4) is 0 Å². The van der Waals surface area contributed by atoms with E-state index in [1.165, 1.54) is 0 Å². The molecule has 1 atom stereocenters. The van der Waals surface area contributed by atoms with Crippen molar-refractivity contribution in [3.05, 3.63) is 0 Å². The van der Waals surface area contributed by atoms with Crippen molar-refractivity contribution in [3.8, 4) is 0 Å². The van der Waals surface area contributed by atoms with Gasteiger partial charge in [-0.25, -0.2) is 19.4 Å². The second kappa shape index (κ2) is 6.86. The van der Waals surface area contributed by atoms with Crippen LogP contribution in [0.5, 0.6) is 0 Å². The van der Waals surface area contributed by atoms with Crippen LogP contribution < -0.4 is 0 Å². The van der Waals surface area contributed by atoms with Crippen LogP contribution in [-0.2, 0) is 28.8 Å². The SMILES string of the molecule is COC(=O)C(=O)OC(C)(C)CC(C)OOC(C)(C)C. The normalized spacial score (nSPS) is 13.8. The van der Waals surface area contributed by atoms with E-state index in [0.29, 0.717) is 6.42 Å². The molecule has 0 aromatic heterocycles. The molecule has 112 valence electrons. The molecule has 0 bridgehead atoms. The molecule has 0 aliphatic rings. The smallest absolute Gasteiger partial charge is 0.417 e. The molecular weight excluding hydrogens is 252 g/mol. The van der Waals surface area contributed by atoms with Gasteiger partial charge in [0.25, 0.3) is 0 Å². The molecule has 0 saturated heterocycles. The van der Waals surface area contributed by atoms with Gasteiger partial charge in [-0.2, -0.15) is 0 Å². The van der Waals surface area contributed by atoms with Gasteiger partial charge in [0, 0.05) is 6.42 Å². The number of methoxy groups -OCH3 is 1. The topological polar surface area (TPSA) is 71.1 Å². The fraction of sp³-hybridized carbons (Fsp3) is 0.846. The Bertz CT molecular complexity index is 316. The molecule has 0 N–H and O–H groups in total. The van der Waals surface area contributed by atoms with E-state index in [4.69, 9.17) is 14.5 Å². The van der Waals surface area contributed by atoms with Gasteiger partial charge in [-0.3, -0.25) is 0 Å². The van der Waals surface area contributed by atoms with E-state index in [-0.39, 0.29) is 6.10 Å². The first-order valence-corrected chi connectivity index (χ1v) is 6.12. The quantitative estimate of drug-likeness (QED) is 0.331. The summed E-state index contributed by atoms with van der Waals surface area (Å²) in [7, 11) is 1.12. The summed E-state index contributed by atoms with van der Waals surface area (Å²) in [6, 6.07) is 0. The lowest BCUT2D eigenvalue weighted by molar-refractivity contribution is -0.373. The first-order chi connectivity index (χ1) is 8.47. The molecule has 0 aliphatic carbocycles. The molecule has 0 amide bonds. The molecule has 0 heterocycles. The van der Waals surface area contributed by atoms with E-state index in [1.807, 2.05) is 20.8 Å². The second-order valence-corrected chi connectivity index (χ2v) is 5.95. The number of carbonyl (C=O) groups excluding carboxylic acids is 2. The van der Waals surface area contributed by atoms with Gasteiger partial charge in [0.15, 0.2) is 0 Å². The zero-order chi connectivity index (χ0) is 15.3. The van der Waals surface area contributed by atoms with Gasteiger partial charge in [-0.15, -0.1) is 0 Å². The Hall–Kier alpha value is -1.14. The summed E-state index contributed by atoms with van der Waals surface area (Å²) in [4.78, 5) is 32.7. The van der Waals surface area contributed by atoms with Gasteiger partial charge < -0.3 is 9.47 Å². The summed E-state index contributed by atoms with van der Waals surface area (Å²) >= 11 is 0. The van der Waals surface area contributed by atoms with Gasteiger partial charge in [0.05, 0.1) is 18.8 Å². The number of carbonyl (C=O) groups is 2. The van der Waals surface area contributed by atoms with Crippen molar-refractivity contribution in [2.45, 2.75) is 65.3 Å². The molecule has 0 fully saturated rings. The van der Waals surface area contributed by atoms with E-state index in [9.17, 15) is 9.59 Å². The number of rotatable bonds is 5. The summed E-state index contributed by atoms with van der Waals surface area (Å²) in [5.74, 6) is -2.04. The fourth-order valence-electron chi connectivity index (χ4n) is 1.37. The van der Waals surface area contributed by atoms with Crippen LogP contribution in [0.1, 0.15) is 48.0 Å². The van der Waals surface area contributed by atoms with Gasteiger partial charge in [0.1, 0.15) is 5.60 Å². The minimum atomic E-state index is -1.02. The highest BCUT2D eigenvalue weighted by Gasteiger charge is 2.30. The van der Waals surface area contributed by atoms with Crippen LogP contribution in [0.4, 0.5) is 0 Å². The van der Waals surface area contributed by atoms with Crippen molar-refractivity contribution >= 4 is 11.9 Å². The highest BCUT2D eigenvalue weighted by molar-refractivity contribution is 6.29. The summed E-state index contributed by atoms with van der Waals surface area (Å²) in [6.07, 6.45) is 0.0888. The van der Waals surface area contributed by atoms with E-state index in [1.54, 1.807) is 20.8 Å². The summed E-state index contributed by atoms with van der Waals surface area (Å²) in [6.45, 7) is 10.8. The van der Waals surface area contributed by atoms with Crippen LogP contribution in [0, 0.1) is 0 Å². The number of esters is 2. The molecular formula is C13H24O6. The molecule has 6 nitrogen and oxygen atoms in total. The molecule has 6 heteroatoms. The minimum absolute atomic E-state index is 0.292. The average molecular weight is 276 g/mol. The van der Waals surface area contributed by atoms with Crippen LogP contribution in [0.25, 0.3) is 0 Å². The van der Waals surface area contributed by atoms with Gasteiger partial charge in [-0.05, 0) is 41.5 Å². The van der Waals surface area contributed by atoms with Gasteiger partial charge in [0.2, 0.25) is 0 Å². The standard InChI is InChI=1S/C13H24O6/c1-9(18-19-12(2,3)4)8-13(5,6)17-11(15)10(14)16-7/h9H,8H2,1-7H3. The third kappa shape index (κ3) is 8.56. The predicted octanol–water partition coefficient (Wildman–Crippen LogP) is 2.01.